The Labute approximate surface area is 98.6 Å². The van der Waals surface area contributed by atoms with Crippen LogP contribution in [0.1, 0.15) is 5.56 Å². The van der Waals surface area contributed by atoms with Gasteiger partial charge in [0, 0.05) is 35.8 Å². The van der Waals surface area contributed by atoms with E-state index in [0.29, 0.717) is 5.88 Å². The van der Waals surface area contributed by atoms with E-state index in [2.05, 4.69) is 34.8 Å². The maximum Gasteiger partial charge on any atom is 0.222 e. The molecule has 0 aliphatic heterocycles. The van der Waals surface area contributed by atoms with Crippen molar-refractivity contribution in [2.45, 2.75) is 6.92 Å². The molecule has 3 aromatic rings. The van der Waals surface area contributed by atoms with Crippen molar-refractivity contribution in [2.75, 3.05) is 5.73 Å². The number of rotatable bonds is 1. The van der Waals surface area contributed by atoms with E-state index >= 15 is 0 Å². The van der Waals surface area contributed by atoms with Crippen LogP contribution in [0.2, 0.25) is 0 Å². The van der Waals surface area contributed by atoms with E-state index in [0.717, 1.165) is 11.3 Å². The predicted octanol–water partition coefficient (Wildman–Crippen LogP) is 2.72. The first-order valence-corrected chi connectivity index (χ1v) is 5.43. The topological polar surface area (TPSA) is 57.0 Å². The van der Waals surface area contributed by atoms with Gasteiger partial charge in [-0.1, -0.05) is 16.8 Å². The van der Waals surface area contributed by atoms with E-state index in [9.17, 15) is 0 Å². The maximum absolute atomic E-state index is 5.56. The molecule has 0 fully saturated rings. The fourth-order valence-corrected chi connectivity index (χ4v) is 2.13. The molecule has 0 aliphatic carbocycles. The first-order chi connectivity index (χ1) is 8.15. The van der Waals surface area contributed by atoms with E-state index < -0.39 is 0 Å². The first-order valence-electron chi connectivity index (χ1n) is 5.43. The van der Waals surface area contributed by atoms with Gasteiger partial charge < -0.3 is 14.8 Å². The Morgan fingerprint density at radius 2 is 2.12 bits per heavy atom. The van der Waals surface area contributed by atoms with E-state index in [4.69, 9.17) is 10.3 Å². The molecule has 17 heavy (non-hydrogen) atoms. The van der Waals surface area contributed by atoms with E-state index in [1.165, 1.54) is 16.5 Å². The van der Waals surface area contributed by atoms with Gasteiger partial charge in [-0.3, -0.25) is 0 Å². The molecule has 0 saturated carbocycles. The van der Waals surface area contributed by atoms with Gasteiger partial charge in [0.2, 0.25) is 5.88 Å². The van der Waals surface area contributed by atoms with Crippen molar-refractivity contribution in [3.8, 4) is 11.3 Å². The second-order valence-corrected chi connectivity index (χ2v) is 4.29. The summed E-state index contributed by atoms with van der Waals surface area (Å²) in [5.74, 6) is 0.338. The minimum absolute atomic E-state index is 0.338. The van der Waals surface area contributed by atoms with Crippen molar-refractivity contribution in [2.24, 2.45) is 7.05 Å². The lowest BCUT2D eigenvalue weighted by molar-refractivity contribution is 0.439. The SMILES string of the molecule is Cc1ccc2c(c1)c(-c1cc(N)on1)cn2C. The van der Waals surface area contributed by atoms with Crippen molar-refractivity contribution in [3.63, 3.8) is 0 Å². The third-order valence-electron chi connectivity index (χ3n) is 2.95. The van der Waals surface area contributed by atoms with Gasteiger partial charge in [0.05, 0.1) is 0 Å². The fraction of sp³-hybridized carbons (Fsp3) is 0.154. The van der Waals surface area contributed by atoms with Crippen LogP contribution in [-0.4, -0.2) is 9.72 Å². The van der Waals surface area contributed by atoms with Crippen LogP contribution in [0.4, 0.5) is 5.88 Å². The number of hydrogen-bond acceptors (Lipinski definition) is 3. The fourth-order valence-electron chi connectivity index (χ4n) is 2.13. The highest BCUT2D eigenvalue weighted by Gasteiger charge is 2.12. The van der Waals surface area contributed by atoms with Crippen molar-refractivity contribution in [1.29, 1.82) is 0 Å². The average Bonchev–Trinajstić information content (AvgIpc) is 2.83. The molecule has 1 aromatic carbocycles. The number of aryl methyl sites for hydroxylation is 2. The van der Waals surface area contributed by atoms with Gasteiger partial charge in [-0.25, -0.2) is 0 Å². The quantitative estimate of drug-likeness (QED) is 0.695. The molecular weight excluding hydrogens is 214 g/mol. The molecule has 2 aromatic heterocycles. The van der Waals surface area contributed by atoms with Crippen LogP contribution < -0.4 is 5.73 Å². The summed E-state index contributed by atoms with van der Waals surface area (Å²) in [6.07, 6.45) is 2.04. The number of nitrogens with two attached hydrogens (primary N) is 1. The molecule has 0 radical (unpaired) electrons. The van der Waals surface area contributed by atoms with E-state index in [1.807, 2.05) is 13.2 Å². The molecule has 0 spiro atoms. The third kappa shape index (κ3) is 1.49. The molecule has 2 N–H and O–H groups in total. The average molecular weight is 227 g/mol. The minimum Gasteiger partial charge on any atom is -0.368 e. The second kappa shape index (κ2) is 3.38. The van der Waals surface area contributed by atoms with Crippen LogP contribution in [0.15, 0.2) is 35.0 Å². The number of anilines is 1. The Hall–Kier alpha value is -2.23. The minimum atomic E-state index is 0.338. The van der Waals surface area contributed by atoms with Gasteiger partial charge in [0.1, 0.15) is 5.69 Å². The number of fused-ring (bicyclic) bond motifs is 1. The molecular formula is C13H13N3O. The van der Waals surface area contributed by atoms with Crippen LogP contribution >= 0.6 is 0 Å². The number of aromatic nitrogens is 2. The zero-order valence-corrected chi connectivity index (χ0v) is 9.77. The summed E-state index contributed by atoms with van der Waals surface area (Å²) >= 11 is 0. The molecule has 0 amide bonds. The summed E-state index contributed by atoms with van der Waals surface area (Å²) in [6.45, 7) is 2.08. The Bertz CT molecular complexity index is 694. The Morgan fingerprint density at radius 3 is 2.82 bits per heavy atom. The molecule has 0 unspecified atom stereocenters. The van der Waals surface area contributed by atoms with Crippen LogP contribution in [-0.2, 0) is 7.05 Å². The number of hydrogen-bond donors (Lipinski definition) is 1. The number of nitrogens with zero attached hydrogens (tertiary/aromatic N) is 2. The zero-order valence-electron chi connectivity index (χ0n) is 9.77. The van der Waals surface area contributed by atoms with Crippen molar-refractivity contribution in [1.82, 2.24) is 9.72 Å². The molecule has 0 atom stereocenters. The summed E-state index contributed by atoms with van der Waals surface area (Å²) < 4.78 is 7.00. The highest BCUT2D eigenvalue weighted by atomic mass is 16.5. The largest absolute Gasteiger partial charge is 0.368 e. The molecule has 0 aliphatic rings. The molecule has 86 valence electrons. The lowest BCUT2D eigenvalue weighted by Crippen LogP contribution is -1.82. The molecule has 2 heterocycles. The molecule has 4 nitrogen and oxygen atoms in total. The summed E-state index contributed by atoms with van der Waals surface area (Å²) in [5.41, 5.74) is 9.78. The summed E-state index contributed by atoms with van der Waals surface area (Å²) in [6, 6.07) is 8.10. The molecule has 3 rings (SSSR count). The summed E-state index contributed by atoms with van der Waals surface area (Å²) in [7, 11) is 2.02. The first kappa shape index (κ1) is 9.96. The number of benzene rings is 1. The van der Waals surface area contributed by atoms with Gasteiger partial charge in [0.25, 0.3) is 0 Å². The normalized spacial score (nSPS) is 11.2. The van der Waals surface area contributed by atoms with E-state index in [1.54, 1.807) is 6.07 Å². The number of nitrogen functional groups attached to an aromatic ring is 1. The third-order valence-corrected chi connectivity index (χ3v) is 2.95. The van der Waals surface area contributed by atoms with E-state index in [-0.39, 0.29) is 0 Å². The van der Waals surface area contributed by atoms with Gasteiger partial charge in [-0.2, -0.15) is 0 Å². The highest BCUT2D eigenvalue weighted by Crippen LogP contribution is 2.30. The van der Waals surface area contributed by atoms with Gasteiger partial charge in [-0.05, 0) is 19.1 Å². The van der Waals surface area contributed by atoms with Crippen LogP contribution in [0.25, 0.3) is 22.2 Å². The Kier molecular flexibility index (Phi) is 1.98. The molecule has 0 saturated heterocycles. The summed E-state index contributed by atoms with van der Waals surface area (Å²) in [5, 5.41) is 5.13. The maximum atomic E-state index is 5.56. The van der Waals surface area contributed by atoms with Crippen LogP contribution in [0.5, 0.6) is 0 Å². The van der Waals surface area contributed by atoms with Crippen LogP contribution in [0.3, 0.4) is 0 Å². The summed E-state index contributed by atoms with van der Waals surface area (Å²) in [4.78, 5) is 0. The lowest BCUT2D eigenvalue weighted by atomic mass is 10.1. The Balaban J connectivity index is 2.33. The monoisotopic (exact) mass is 227 g/mol. The predicted molar refractivity (Wildman–Crippen MR) is 67.6 cm³/mol. The zero-order chi connectivity index (χ0) is 12.0. The van der Waals surface area contributed by atoms with Crippen molar-refractivity contribution in [3.05, 3.63) is 36.0 Å². The smallest absolute Gasteiger partial charge is 0.222 e. The van der Waals surface area contributed by atoms with Crippen LogP contribution in [0, 0.1) is 6.92 Å². The highest BCUT2D eigenvalue weighted by molar-refractivity contribution is 5.95. The Morgan fingerprint density at radius 1 is 1.29 bits per heavy atom. The van der Waals surface area contributed by atoms with Gasteiger partial charge in [-0.15, -0.1) is 0 Å². The van der Waals surface area contributed by atoms with Crippen molar-refractivity contribution >= 4 is 16.8 Å². The van der Waals surface area contributed by atoms with Gasteiger partial charge in [0.15, 0.2) is 0 Å². The lowest BCUT2D eigenvalue weighted by Gasteiger charge is -1.97. The molecule has 4 heteroatoms. The second-order valence-electron chi connectivity index (χ2n) is 4.29. The van der Waals surface area contributed by atoms with Gasteiger partial charge >= 0.3 is 0 Å². The van der Waals surface area contributed by atoms with Crippen molar-refractivity contribution < 1.29 is 4.52 Å². The standard InChI is InChI=1S/C13H13N3O/c1-8-3-4-12-9(5-8)10(7-16(12)2)11-6-13(14)17-15-11/h3-7H,14H2,1-2H3. The molecule has 0 bridgehead atoms.